The van der Waals surface area contributed by atoms with Gasteiger partial charge in [-0.25, -0.2) is 0 Å². The third-order valence-corrected chi connectivity index (χ3v) is 3.77. The van der Waals surface area contributed by atoms with Crippen molar-refractivity contribution >= 4 is 33.4 Å². The first-order chi connectivity index (χ1) is 9.56. The van der Waals surface area contributed by atoms with Gasteiger partial charge in [-0.3, -0.25) is 9.59 Å². The van der Waals surface area contributed by atoms with Crippen LogP contribution in [0.15, 0.2) is 22.7 Å². The molecule has 0 aromatic heterocycles. The second kappa shape index (κ2) is 6.85. The lowest BCUT2D eigenvalue weighted by Crippen LogP contribution is -2.43. The molecule has 20 heavy (non-hydrogen) atoms. The van der Waals surface area contributed by atoms with Crippen LogP contribution in [0.25, 0.3) is 0 Å². The normalized spacial score (nSPS) is 17.8. The first-order valence-corrected chi connectivity index (χ1v) is 7.42. The molecular weight excluding hydrogens is 322 g/mol. The Morgan fingerprint density at radius 1 is 1.45 bits per heavy atom. The summed E-state index contributed by atoms with van der Waals surface area (Å²) in [6, 6.07) is 5.52. The average Bonchev–Trinajstić information content (AvgIpc) is 2.94. The molecule has 1 aliphatic rings. The Morgan fingerprint density at radius 3 is 2.95 bits per heavy atom. The van der Waals surface area contributed by atoms with Crippen molar-refractivity contribution in [3.8, 4) is 0 Å². The number of hydrogen-bond acceptors (Lipinski definition) is 3. The molecule has 0 spiro atoms. The number of rotatable bonds is 4. The van der Waals surface area contributed by atoms with Crippen molar-refractivity contribution in [2.24, 2.45) is 0 Å². The molecule has 1 unspecified atom stereocenters. The Labute approximate surface area is 126 Å². The summed E-state index contributed by atoms with van der Waals surface area (Å²) in [5.74, 6) is -0.332. The summed E-state index contributed by atoms with van der Waals surface area (Å²) in [5, 5.41) is 8.54. The minimum absolute atomic E-state index is 0.0109. The maximum atomic E-state index is 11.8. The molecule has 0 bridgehead atoms. The third kappa shape index (κ3) is 4.05. The van der Waals surface area contributed by atoms with Crippen LogP contribution in [0, 0.1) is 6.92 Å². The van der Waals surface area contributed by atoms with Gasteiger partial charge in [0.05, 0.1) is 12.6 Å². The van der Waals surface area contributed by atoms with E-state index < -0.39 is 0 Å². The van der Waals surface area contributed by atoms with E-state index in [1.807, 2.05) is 25.1 Å². The summed E-state index contributed by atoms with van der Waals surface area (Å²) in [6.07, 6.45) is 1.83. The first kappa shape index (κ1) is 15.0. The van der Waals surface area contributed by atoms with Gasteiger partial charge in [0.2, 0.25) is 11.8 Å². The number of nitrogens with one attached hydrogen (secondary N) is 3. The lowest BCUT2D eigenvalue weighted by atomic mass is 10.2. The lowest BCUT2D eigenvalue weighted by Gasteiger charge is -2.12. The zero-order chi connectivity index (χ0) is 14.5. The molecule has 1 heterocycles. The van der Waals surface area contributed by atoms with Gasteiger partial charge in [0.25, 0.3) is 0 Å². The summed E-state index contributed by atoms with van der Waals surface area (Å²) < 4.78 is 0.901. The van der Waals surface area contributed by atoms with Crippen LogP contribution in [0.5, 0.6) is 0 Å². The standard InChI is InChI=1S/C14H18BrN3O2/c1-9-4-5-10(15)7-12(9)18-13(19)8-17-14(20)11-3-2-6-16-11/h4-5,7,11,16H,2-3,6,8H2,1H3,(H,17,20)(H,18,19). The average molecular weight is 340 g/mol. The number of carbonyl (C=O) groups excluding carboxylic acids is 2. The van der Waals surface area contributed by atoms with Crippen molar-refractivity contribution in [2.75, 3.05) is 18.4 Å². The SMILES string of the molecule is Cc1ccc(Br)cc1NC(=O)CNC(=O)C1CCCN1. The van der Waals surface area contributed by atoms with Crippen molar-refractivity contribution in [3.63, 3.8) is 0 Å². The lowest BCUT2D eigenvalue weighted by molar-refractivity contribution is -0.125. The molecule has 0 radical (unpaired) electrons. The summed E-state index contributed by atoms with van der Waals surface area (Å²) >= 11 is 3.36. The highest BCUT2D eigenvalue weighted by Gasteiger charge is 2.22. The second-order valence-corrected chi connectivity index (χ2v) is 5.79. The fraction of sp³-hybridized carbons (Fsp3) is 0.429. The van der Waals surface area contributed by atoms with Crippen LogP contribution in [-0.2, 0) is 9.59 Å². The van der Waals surface area contributed by atoms with Crippen molar-refractivity contribution in [1.29, 1.82) is 0 Å². The number of hydrogen-bond donors (Lipinski definition) is 3. The fourth-order valence-electron chi connectivity index (χ4n) is 2.12. The highest BCUT2D eigenvalue weighted by molar-refractivity contribution is 9.10. The van der Waals surface area contributed by atoms with Gasteiger partial charge in [-0.15, -0.1) is 0 Å². The first-order valence-electron chi connectivity index (χ1n) is 6.63. The topological polar surface area (TPSA) is 70.2 Å². The quantitative estimate of drug-likeness (QED) is 0.779. The molecule has 108 valence electrons. The monoisotopic (exact) mass is 339 g/mol. The van der Waals surface area contributed by atoms with E-state index in [1.165, 1.54) is 0 Å². The summed E-state index contributed by atoms with van der Waals surface area (Å²) in [7, 11) is 0. The van der Waals surface area contributed by atoms with Crippen molar-refractivity contribution in [2.45, 2.75) is 25.8 Å². The van der Waals surface area contributed by atoms with Crippen molar-refractivity contribution in [3.05, 3.63) is 28.2 Å². The summed E-state index contributed by atoms with van der Waals surface area (Å²) in [6.45, 7) is 2.77. The highest BCUT2D eigenvalue weighted by atomic mass is 79.9. The second-order valence-electron chi connectivity index (χ2n) is 4.87. The molecule has 2 rings (SSSR count). The number of benzene rings is 1. The number of carbonyl (C=O) groups is 2. The van der Waals surface area contributed by atoms with Gasteiger partial charge < -0.3 is 16.0 Å². The molecule has 1 atom stereocenters. The molecule has 3 N–H and O–H groups in total. The number of amides is 2. The largest absolute Gasteiger partial charge is 0.346 e. The van der Waals surface area contributed by atoms with Crippen LogP contribution in [0.3, 0.4) is 0 Å². The van der Waals surface area contributed by atoms with Crippen LogP contribution in [0.2, 0.25) is 0 Å². The highest BCUT2D eigenvalue weighted by Crippen LogP contribution is 2.20. The molecule has 6 heteroatoms. The molecule has 1 aliphatic heterocycles. The molecule has 1 fully saturated rings. The van der Waals surface area contributed by atoms with E-state index >= 15 is 0 Å². The summed E-state index contributed by atoms with van der Waals surface area (Å²) in [4.78, 5) is 23.6. The molecule has 1 aromatic rings. The van der Waals surface area contributed by atoms with E-state index in [4.69, 9.17) is 0 Å². The fourth-order valence-corrected chi connectivity index (χ4v) is 2.48. The van der Waals surface area contributed by atoms with E-state index in [9.17, 15) is 9.59 Å². The third-order valence-electron chi connectivity index (χ3n) is 3.27. The number of anilines is 1. The maximum absolute atomic E-state index is 11.8. The molecule has 1 aromatic carbocycles. The van der Waals surface area contributed by atoms with Crippen LogP contribution >= 0.6 is 15.9 Å². The van der Waals surface area contributed by atoms with Gasteiger partial charge in [0, 0.05) is 10.2 Å². The zero-order valence-corrected chi connectivity index (χ0v) is 12.9. The zero-order valence-electron chi connectivity index (χ0n) is 11.3. The van der Waals surface area contributed by atoms with E-state index in [-0.39, 0.29) is 24.4 Å². The molecule has 5 nitrogen and oxygen atoms in total. The Kier molecular flexibility index (Phi) is 5.14. The van der Waals surface area contributed by atoms with E-state index in [2.05, 4.69) is 31.9 Å². The predicted octanol–water partition coefficient (Wildman–Crippen LogP) is 1.56. The Morgan fingerprint density at radius 2 is 2.25 bits per heavy atom. The van der Waals surface area contributed by atoms with Crippen LogP contribution in [-0.4, -0.2) is 30.9 Å². The van der Waals surface area contributed by atoms with Gasteiger partial charge >= 0.3 is 0 Å². The Bertz CT molecular complexity index is 513. The summed E-state index contributed by atoms with van der Waals surface area (Å²) in [5.41, 5.74) is 1.72. The van der Waals surface area contributed by atoms with Gasteiger partial charge in [-0.2, -0.15) is 0 Å². The Hall–Kier alpha value is -1.40. The number of aryl methyl sites for hydroxylation is 1. The van der Waals surface area contributed by atoms with Crippen LogP contribution in [0.4, 0.5) is 5.69 Å². The minimum Gasteiger partial charge on any atom is -0.346 e. The van der Waals surface area contributed by atoms with Gasteiger partial charge in [-0.05, 0) is 44.0 Å². The molecular formula is C14H18BrN3O2. The smallest absolute Gasteiger partial charge is 0.243 e. The molecule has 2 amide bonds. The van der Waals surface area contributed by atoms with Crippen LogP contribution < -0.4 is 16.0 Å². The number of halogens is 1. The van der Waals surface area contributed by atoms with Gasteiger partial charge in [-0.1, -0.05) is 22.0 Å². The predicted molar refractivity (Wildman–Crippen MR) is 81.5 cm³/mol. The van der Waals surface area contributed by atoms with Gasteiger partial charge in [0.15, 0.2) is 0 Å². The Balaban J connectivity index is 1.83. The molecule has 0 saturated carbocycles. The van der Waals surface area contributed by atoms with Crippen molar-refractivity contribution < 1.29 is 9.59 Å². The van der Waals surface area contributed by atoms with E-state index in [1.54, 1.807) is 0 Å². The van der Waals surface area contributed by atoms with E-state index in [0.717, 1.165) is 35.1 Å². The van der Waals surface area contributed by atoms with E-state index in [0.29, 0.717) is 0 Å². The van der Waals surface area contributed by atoms with Crippen molar-refractivity contribution in [1.82, 2.24) is 10.6 Å². The maximum Gasteiger partial charge on any atom is 0.243 e. The van der Waals surface area contributed by atoms with Gasteiger partial charge in [0.1, 0.15) is 0 Å². The van der Waals surface area contributed by atoms with Crippen LogP contribution in [0.1, 0.15) is 18.4 Å². The molecule has 0 aliphatic carbocycles. The molecule has 1 saturated heterocycles. The minimum atomic E-state index is -0.224.